The smallest absolute Gasteiger partial charge is 0.330 e. The molecule has 1 aromatic carbocycles. The SMILES string of the molecule is COCCn1c(N)c(N(Cc2ccccc2)C(=O)/C=C/c2ccc(C)s2)c(=O)[nH]c1=O. The molecule has 0 saturated heterocycles. The number of nitrogens with two attached hydrogens (primary N) is 1. The Labute approximate surface area is 183 Å². The number of carbonyl (C=O) groups excluding carboxylic acids is 1. The second-order valence-electron chi connectivity index (χ2n) is 6.83. The Morgan fingerprint density at radius 2 is 1.97 bits per heavy atom. The fourth-order valence-corrected chi connectivity index (χ4v) is 3.84. The van der Waals surface area contributed by atoms with Gasteiger partial charge in [-0.3, -0.25) is 24.0 Å². The number of aromatic nitrogens is 2. The molecule has 3 rings (SSSR count). The first kappa shape index (κ1) is 22.3. The van der Waals surface area contributed by atoms with Crippen molar-refractivity contribution in [3.8, 4) is 0 Å². The second kappa shape index (κ2) is 10.1. The number of thiophene rings is 1. The van der Waals surface area contributed by atoms with Gasteiger partial charge >= 0.3 is 5.69 Å². The molecule has 0 aliphatic heterocycles. The van der Waals surface area contributed by atoms with Gasteiger partial charge in [0, 0.05) is 22.9 Å². The summed E-state index contributed by atoms with van der Waals surface area (Å²) in [7, 11) is 1.50. The fourth-order valence-electron chi connectivity index (χ4n) is 3.06. The summed E-state index contributed by atoms with van der Waals surface area (Å²) < 4.78 is 6.21. The van der Waals surface area contributed by atoms with Crippen LogP contribution in [0, 0.1) is 6.92 Å². The summed E-state index contributed by atoms with van der Waals surface area (Å²) in [6.45, 7) is 2.46. The van der Waals surface area contributed by atoms with Crippen LogP contribution in [0.3, 0.4) is 0 Å². The molecule has 31 heavy (non-hydrogen) atoms. The summed E-state index contributed by atoms with van der Waals surface area (Å²) in [6.07, 6.45) is 3.10. The molecule has 0 radical (unpaired) electrons. The van der Waals surface area contributed by atoms with Crippen LogP contribution < -0.4 is 21.9 Å². The van der Waals surface area contributed by atoms with Crippen LogP contribution in [-0.4, -0.2) is 29.2 Å². The van der Waals surface area contributed by atoms with E-state index in [1.165, 1.54) is 22.7 Å². The van der Waals surface area contributed by atoms with Gasteiger partial charge in [0.1, 0.15) is 5.82 Å². The normalized spacial score (nSPS) is 11.2. The molecule has 0 unspecified atom stereocenters. The zero-order valence-electron chi connectivity index (χ0n) is 17.3. The molecule has 0 spiro atoms. The minimum Gasteiger partial charge on any atom is -0.383 e. The maximum Gasteiger partial charge on any atom is 0.330 e. The number of hydrogen-bond donors (Lipinski definition) is 2. The molecule has 8 nitrogen and oxygen atoms in total. The summed E-state index contributed by atoms with van der Waals surface area (Å²) in [4.78, 5) is 43.7. The standard InChI is InChI=1S/C22H24N4O4S/c1-15-8-9-17(31-15)10-11-18(27)26(14-16-6-4-3-5-7-16)19-20(23)25(12-13-30-2)22(29)24-21(19)28/h3-11H,12-14,23H2,1-2H3,(H,24,28,29)/b11-10+. The molecule has 0 saturated carbocycles. The van der Waals surface area contributed by atoms with Gasteiger partial charge in [0.05, 0.1) is 19.7 Å². The first-order chi connectivity index (χ1) is 14.9. The molecule has 0 bridgehead atoms. The number of nitrogen functional groups attached to an aromatic ring is 1. The van der Waals surface area contributed by atoms with E-state index in [4.69, 9.17) is 10.5 Å². The van der Waals surface area contributed by atoms with Crippen molar-refractivity contribution in [2.75, 3.05) is 24.4 Å². The summed E-state index contributed by atoms with van der Waals surface area (Å²) in [5.74, 6) is -0.514. The highest BCUT2D eigenvalue weighted by molar-refractivity contribution is 7.12. The molecule has 9 heteroatoms. The lowest BCUT2D eigenvalue weighted by molar-refractivity contribution is -0.114. The number of H-pyrrole nitrogens is 1. The van der Waals surface area contributed by atoms with E-state index in [-0.39, 0.29) is 31.2 Å². The van der Waals surface area contributed by atoms with Crippen LogP contribution in [-0.2, 0) is 22.6 Å². The third-order valence-corrected chi connectivity index (χ3v) is 5.57. The van der Waals surface area contributed by atoms with E-state index in [1.807, 2.05) is 49.4 Å². The summed E-state index contributed by atoms with van der Waals surface area (Å²) in [6, 6.07) is 13.1. The molecule has 2 aromatic heterocycles. The quantitative estimate of drug-likeness (QED) is 0.523. The first-order valence-corrected chi connectivity index (χ1v) is 10.4. The largest absolute Gasteiger partial charge is 0.383 e. The predicted octanol–water partition coefficient (Wildman–Crippen LogP) is 2.38. The van der Waals surface area contributed by atoms with E-state index in [2.05, 4.69) is 4.98 Å². The van der Waals surface area contributed by atoms with E-state index in [0.717, 1.165) is 15.3 Å². The van der Waals surface area contributed by atoms with Crippen LogP contribution in [0.2, 0.25) is 0 Å². The van der Waals surface area contributed by atoms with Crippen molar-refractivity contribution < 1.29 is 9.53 Å². The predicted molar refractivity (Wildman–Crippen MR) is 123 cm³/mol. The monoisotopic (exact) mass is 440 g/mol. The number of benzene rings is 1. The van der Waals surface area contributed by atoms with Crippen LogP contribution in [0.15, 0.2) is 58.1 Å². The maximum atomic E-state index is 13.2. The third kappa shape index (κ3) is 5.39. The molecule has 1 amide bonds. The van der Waals surface area contributed by atoms with Crippen molar-refractivity contribution in [3.05, 3.63) is 84.7 Å². The van der Waals surface area contributed by atoms with Gasteiger partial charge in [-0.1, -0.05) is 30.3 Å². The summed E-state index contributed by atoms with van der Waals surface area (Å²) in [5.41, 5.74) is 5.56. The summed E-state index contributed by atoms with van der Waals surface area (Å²) >= 11 is 1.55. The lowest BCUT2D eigenvalue weighted by Gasteiger charge is -2.23. The van der Waals surface area contributed by atoms with Crippen LogP contribution in [0.25, 0.3) is 6.08 Å². The number of aromatic amines is 1. The van der Waals surface area contributed by atoms with Gasteiger partial charge in [0.15, 0.2) is 5.69 Å². The van der Waals surface area contributed by atoms with E-state index in [0.29, 0.717) is 0 Å². The maximum absolute atomic E-state index is 13.2. The van der Waals surface area contributed by atoms with Gasteiger partial charge in [0.2, 0.25) is 0 Å². The highest BCUT2D eigenvalue weighted by Crippen LogP contribution is 2.21. The number of aryl methyl sites for hydroxylation is 1. The number of carbonyl (C=O) groups is 1. The second-order valence-corrected chi connectivity index (χ2v) is 8.15. The van der Waals surface area contributed by atoms with Crippen LogP contribution in [0.5, 0.6) is 0 Å². The Morgan fingerprint density at radius 3 is 2.61 bits per heavy atom. The van der Waals surface area contributed by atoms with Crippen molar-refractivity contribution in [1.29, 1.82) is 0 Å². The molecule has 0 aliphatic rings. The van der Waals surface area contributed by atoms with Gasteiger partial charge in [-0.2, -0.15) is 0 Å². The number of amides is 1. The highest BCUT2D eigenvalue weighted by atomic mass is 32.1. The number of nitrogens with zero attached hydrogens (tertiary/aromatic N) is 2. The van der Waals surface area contributed by atoms with Crippen molar-refractivity contribution in [3.63, 3.8) is 0 Å². The zero-order valence-corrected chi connectivity index (χ0v) is 18.1. The number of hydrogen-bond acceptors (Lipinski definition) is 6. The van der Waals surface area contributed by atoms with Gasteiger partial charge < -0.3 is 10.5 Å². The third-order valence-electron chi connectivity index (χ3n) is 4.60. The fraction of sp³-hybridized carbons (Fsp3) is 0.227. The minimum absolute atomic E-state index is 0.0726. The van der Waals surface area contributed by atoms with E-state index < -0.39 is 17.2 Å². The van der Waals surface area contributed by atoms with Crippen molar-refractivity contribution in [2.45, 2.75) is 20.0 Å². The summed E-state index contributed by atoms with van der Waals surface area (Å²) in [5, 5.41) is 0. The lowest BCUT2D eigenvalue weighted by atomic mass is 10.2. The molecule has 3 N–H and O–H groups in total. The van der Waals surface area contributed by atoms with Crippen molar-refractivity contribution in [2.24, 2.45) is 0 Å². The Balaban J connectivity index is 2.05. The molecule has 162 valence electrons. The highest BCUT2D eigenvalue weighted by Gasteiger charge is 2.23. The lowest BCUT2D eigenvalue weighted by Crippen LogP contribution is -2.40. The molecule has 3 aromatic rings. The molecular formula is C22H24N4O4S. The van der Waals surface area contributed by atoms with Crippen LogP contribution >= 0.6 is 11.3 Å². The van der Waals surface area contributed by atoms with Crippen LogP contribution in [0.1, 0.15) is 15.3 Å². The molecule has 2 heterocycles. The number of nitrogens with one attached hydrogen (secondary N) is 1. The van der Waals surface area contributed by atoms with Gasteiger partial charge in [0.25, 0.3) is 11.5 Å². The Kier molecular flexibility index (Phi) is 7.22. The van der Waals surface area contributed by atoms with Crippen molar-refractivity contribution in [1.82, 2.24) is 9.55 Å². The minimum atomic E-state index is -0.721. The topological polar surface area (TPSA) is 110 Å². The van der Waals surface area contributed by atoms with Gasteiger partial charge in [-0.05, 0) is 30.7 Å². The molecule has 0 aliphatic carbocycles. The molecule has 0 atom stereocenters. The van der Waals surface area contributed by atoms with E-state index >= 15 is 0 Å². The average Bonchev–Trinajstić information content (AvgIpc) is 3.17. The Hall–Kier alpha value is -3.43. The number of ether oxygens (including phenoxy) is 1. The van der Waals surface area contributed by atoms with Gasteiger partial charge in [-0.15, -0.1) is 11.3 Å². The Bertz CT molecular complexity index is 1190. The molecule has 0 fully saturated rings. The number of methoxy groups -OCH3 is 1. The zero-order chi connectivity index (χ0) is 22.4. The average molecular weight is 441 g/mol. The van der Waals surface area contributed by atoms with Crippen LogP contribution in [0.4, 0.5) is 11.5 Å². The van der Waals surface area contributed by atoms with E-state index in [1.54, 1.807) is 17.4 Å². The van der Waals surface area contributed by atoms with Gasteiger partial charge in [-0.25, -0.2) is 4.79 Å². The van der Waals surface area contributed by atoms with Crippen molar-refractivity contribution >= 4 is 34.8 Å². The first-order valence-electron chi connectivity index (χ1n) is 9.62. The van der Waals surface area contributed by atoms with E-state index in [9.17, 15) is 14.4 Å². The Morgan fingerprint density at radius 1 is 1.23 bits per heavy atom. The number of rotatable bonds is 8. The number of anilines is 2. The molecular weight excluding hydrogens is 416 g/mol.